The van der Waals surface area contributed by atoms with Crippen LogP contribution < -0.4 is 5.32 Å². The highest BCUT2D eigenvalue weighted by Crippen LogP contribution is 2.24. The molecule has 3 heterocycles. The molecule has 0 spiro atoms. The SMILES string of the molecule is CCOC(=O)c1cnn(-c2ccc3ccccc3n2)c1NC(=O)CCCN1C(=O)c2ccccc2C1=O. The number of esters is 1. The summed E-state index contributed by atoms with van der Waals surface area (Å²) in [6, 6.07) is 17.8. The average Bonchev–Trinajstić information content (AvgIpc) is 3.43. The third kappa shape index (κ3) is 4.56. The smallest absolute Gasteiger partial charge is 0.343 e. The molecule has 0 radical (unpaired) electrons. The van der Waals surface area contributed by atoms with E-state index in [1.54, 1.807) is 37.3 Å². The molecule has 2 aromatic heterocycles. The van der Waals surface area contributed by atoms with Gasteiger partial charge in [0.1, 0.15) is 5.56 Å². The summed E-state index contributed by atoms with van der Waals surface area (Å²) < 4.78 is 6.50. The highest BCUT2D eigenvalue weighted by atomic mass is 16.5. The first-order valence-electron chi connectivity index (χ1n) is 11.8. The largest absolute Gasteiger partial charge is 0.462 e. The Morgan fingerprint density at radius 3 is 2.38 bits per heavy atom. The van der Waals surface area contributed by atoms with Crippen LogP contribution in [0.2, 0.25) is 0 Å². The van der Waals surface area contributed by atoms with Crippen LogP contribution >= 0.6 is 0 Å². The number of aromatic nitrogens is 3. The lowest BCUT2D eigenvalue weighted by molar-refractivity contribution is -0.116. The number of carbonyl (C=O) groups is 4. The van der Waals surface area contributed by atoms with Crippen LogP contribution in [0.4, 0.5) is 5.82 Å². The van der Waals surface area contributed by atoms with Crippen LogP contribution in [0.25, 0.3) is 16.7 Å². The van der Waals surface area contributed by atoms with E-state index in [1.807, 2.05) is 30.3 Å². The molecule has 0 fully saturated rings. The molecule has 1 aliphatic heterocycles. The number of nitrogens with one attached hydrogen (secondary N) is 1. The quantitative estimate of drug-likeness (QED) is 0.291. The van der Waals surface area contributed by atoms with Crippen molar-refractivity contribution >= 4 is 40.4 Å². The molecule has 10 heteroatoms. The van der Waals surface area contributed by atoms with Crippen molar-refractivity contribution in [3.8, 4) is 5.82 Å². The fourth-order valence-electron chi connectivity index (χ4n) is 4.21. The fraction of sp³-hybridized carbons (Fsp3) is 0.185. The summed E-state index contributed by atoms with van der Waals surface area (Å²) in [5, 5.41) is 7.95. The van der Waals surface area contributed by atoms with Gasteiger partial charge in [0.2, 0.25) is 5.91 Å². The molecule has 0 aliphatic carbocycles. The van der Waals surface area contributed by atoms with E-state index in [9.17, 15) is 19.2 Å². The molecule has 4 aromatic rings. The minimum absolute atomic E-state index is 0.00595. The summed E-state index contributed by atoms with van der Waals surface area (Å²) in [4.78, 5) is 56.3. The summed E-state index contributed by atoms with van der Waals surface area (Å²) in [5.74, 6) is -1.24. The number of fused-ring (bicyclic) bond motifs is 2. The number of ether oxygens (including phenoxy) is 1. The van der Waals surface area contributed by atoms with Crippen molar-refractivity contribution in [3.63, 3.8) is 0 Å². The molecule has 0 unspecified atom stereocenters. The minimum Gasteiger partial charge on any atom is -0.462 e. The van der Waals surface area contributed by atoms with Gasteiger partial charge in [0.15, 0.2) is 11.6 Å². The third-order valence-corrected chi connectivity index (χ3v) is 5.99. The van der Waals surface area contributed by atoms with Gasteiger partial charge in [-0.05, 0) is 43.7 Å². The standard InChI is InChI=1S/C27H23N5O5/c1-2-37-27(36)20-16-28-32(22-14-13-17-8-3-6-11-21(17)29-22)24(20)30-23(33)12-7-15-31-25(34)18-9-4-5-10-19(18)26(31)35/h3-6,8-11,13-14,16H,2,7,12,15H2,1H3,(H,30,33). The summed E-state index contributed by atoms with van der Waals surface area (Å²) in [5.41, 5.74) is 1.54. The van der Waals surface area contributed by atoms with Crippen molar-refractivity contribution in [2.75, 3.05) is 18.5 Å². The predicted octanol–water partition coefficient (Wildman–Crippen LogP) is 3.61. The number of para-hydroxylation sites is 1. The molecule has 1 N–H and O–H groups in total. The number of benzene rings is 2. The number of hydrogen-bond acceptors (Lipinski definition) is 7. The molecular formula is C27H23N5O5. The molecule has 0 atom stereocenters. The zero-order chi connectivity index (χ0) is 25.9. The lowest BCUT2D eigenvalue weighted by Gasteiger charge is -2.14. The highest BCUT2D eigenvalue weighted by molar-refractivity contribution is 6.21. The Balaban J connectivity index is 1.32. The van der Waals surface area contributed by atoms with Crippen LogP contribution in [0.15, 0.2) is 66.9 Å². The van der Waals surface area contributed by atoms with Gasteiger partial charge < -0.3 is 10.1 Å². The topological polar surface area (TPSA) is 123 Å². The third-order valence-electron chi connectivity index (χ3n) is 5.99. The number of amides is 3. The van der Waals surface area contributed by atoms with Gasteiger partial charge in [0.05, 0.1) is 29.4 Å². The normalized spacial score (nSPS) is 12.6. The first-order chi connectivity index (χ1) is 18.0. The Bertz CT molecular complexity index is 1510. The highest BCUT2D eigenvalue weighted by Gasteiger charge is 2.34. The van der Waals surface area contributed by atoms with Gasteiger partial charge in [-0.15, -0.1) is 0 Å². The maximum Gasteiger partial charge on any atom is 0.343 e. The number of nitrogens with zero attached hydrogens (tertiary/aromatic N) is 4. The molecule has 10 nitrogen and oxygen atoms in total. The first-order valence-corrected chi connectivity index (χ1v) is 11.8. The Morgan fingerprint density at radius 1 is 0.946 bits per heavy atom. The van der Waals surface area contributed by atoms with Crippen molar-refractivity contribution in [1.82, 2.24) is 19.7 Å². The first kappa shape index (κ1) is 23.9. The second kappa shape index (κ2) is 10.0. The Kier molecular flexibility index (Phi) is 6.46. The van der Waals surface area contributed by atoms with E-state index in [2.05, 4.69) is 15.4 Å². The molecule has 0 saturated heterocycles. The number of hydrogen-bond donors (Lipinski definition) is 1. The van der Waals surface area contributed by atoms with Crippen LogP contribution in [-0.2, 0) is 9.53 Å². The molecule has 186 valence electrons. The van der Waals surface area contributed by atoms with Gasteiger partial charge >= 0.3 is 5.97 Å². The molecule has 37 heavy (non-hydrogen) atoms. The maximum atomic E-state index is 12.9. The Morgan fingerprint density at radius 2 is 1.65 bits per heavy atom. The summed E-state index contributed by atoms with van der Waals surface area (Å²) >= 11 is 0. The molecule has 5 rings (SSSR count). The number of rotatable bonds is 8. The Hall–Kier alpha value is -4.86. The molecule has 1 aliphatic rings. The summed E-state index contributed by atoms with van der Waals surface area (Å²) in [6.45, 7) is 1.94. The summed E-state index contributed by atoms with van der Waals surface area (Å²) in [6.07, 6.45) is 1.57. The van der Waals surface area contributed by atoms with E-state index >= 15 is 0 Å². The average molecular weight is 498 g/mol. The van der Waals surface area contributed by atoms with E-state index in [0.717, 1.165) is 15.8 Å². The van der Waals surface area contributed by atoms with Crippen molar-refractivity contribution in [1.29, 1.82) is 0 Å². The minimum atomic E-state index is -0.629. The van der Waals surface area contributed by atoms with E-state index < -0.39 is 11.9 Å². The lowest BCUT2D eigenvalue weighted by atomic mass is 10.1. The van der Waals surface area contributed by atoms with Gasteiger partial charge in [-0.25, -0.2) is 9.78 Å². The number of pyridine rings is 1. The van der Waals surface area contributed by atoms with Gasteiger partial charge in [-0.1, -0.05) is 30.3 Å². The number of carbonyl (C=O) groups excluding carboxylic acids is 4. The number of anilines is 1. The second-order valence-electron chi connectivity index (χ2n) is 8.36. The van der Waals surface area contributed by atoms with Crippen molar-refractivity contribution in [2.24, 2.45) is 0 Å². The van der Waals surface area contributed by atoms with Crippen molar-refractivity contribution < 1.29 is 23.9 Å². The summed E-state index contributed by atoms with van der Waals surface area (Å²) in [7, 11) is 0. The van der Waals surface area contributed by atoms with Crippen LogP contribution in [0.1, 0.15) is 50.8 Å². The van der Waals surface area contributed by atoms with E-state index in [1.165, 1.54) is 10.9 Å². The Labute approximate surface area is 211 Å². The lowest BCUT2D eigenvalue weighted by Crippen LogP contribution is -2.31. The number of imide groups is 1. The van der Waals surface area contributed by atoms with Crippen LogP contribution in [0.5, 0.6) is 0 Å². The van der Waals surface area contributed by atoms with E-state index in [-0.39, 0.29) is 49.2 Å². The predicted molar refractivity (Wildman–Crippen MR) is 134 cm³/mol. The molecular weight excluding hydrogens is 474 g/mol. The van der Waals surface area contributed by atoms with Crippen molar-refractivity contribution in [3.05, 3.63) is 83.6 Å². The zero-order valence-corrected chi connectivity index (χ0v) is 20.0. The second-order valence-corrected chi connectivity index (χ2v) is 8.36. The van der Waals surface area contributed by atoms with Gasteiger partial charge in [0.25, 0.3) is 11.8 Å². The van der Waals surface area contributed by atoms with Crippen LogP contribution in [0.3, 0.4) is 0 Å². The van der Waals surface area contributed by atoms with Gasteiger partial charge in [-0.3, -0.25) is 19.3 Å². The van der Waals surface area contributed by atoms with Crippen LogP contribution in [0, 0.1) is 0 Å². The maximum absolute atomic E-state index is 12.9. The molecule has 0 bridgehead atoms. The van der Waals surface area contributed by atoms with Gasteiger partial charge in [0, 0.05) is 18.4 Å². The van der Waals surface area contributed by atoms with E-state index in [0.29, 0.717) is 16.9 Å². The van der Waals surface area contributed by atoms with Crippen LogP contribution in [-0.4, -0.2) is 56.5 Å². The van der Waals surface area contributed by atoms with Crippen molar-refractivity contribution in [2.45, 2.75) is 19.8 Å². The molecule has 2 aromatic carbocycles. The monoisotopic (exact) mass is 497 g/mol. The molecule has 0 saturated carbocycles. The fourth-order valence-corrected chi connectivity index (χ4v) is 4.21. The van der Waals surface area contributed by atoms with E-state index in [4.69, 9.17) is 4.74 Å². The molecule has 3 amide bonds. The van der Waals surface area contributed by atoms with Gasteiger partial charge in [-0.2, -0.15) is 9.78 Å². The zero-order valence-electron chi connectivity index (χ0n) is 20.0.